The van der Waals surface area contributed by atoms with Gasteiger partial charge >= 0.3 is 0 Å². The van der Waals surface area contributed by atoms with Crippen molar-refractivity contribution in [2.75, 3.05) is 0 Å². The van der Waals surface area contributed by atoms with Gasteiger partial charge in [-0.3, -0.25) is 0 Å². The molecule has 0 saturated carbocycles. The summed E-state index contributed by atoms with van der Waals surface area (Å²) in [5.74, 6) is -0.206. The van der Waals surface area contributed by atoms with Crippen molar-refractivity contribution in [1.29, 1.82) is 0 Å². The lowest BCUT2D eigenvalue weighted by molar-refractivity contribution is 0.156. The number of hydrogen-bond acceptors (Lipinski definition) is 1. The van der Waals surface area contributed by atoms with Crippen LogP contribution < -0.4 is 0 Å². The van der Waals surface area contributed by atoms with E-state index in [2.05, 4.69) is 0 Å². The van der Waals surface area contributed by atoms with Gasteiger partial charge in [-0.2, -0.15) is 0 Å². The second-order valence-electron chi connectivity index (χ2n) is 3.25. The lowest BCUT2D eigenvalue weighted by Gasteiger charge is -2.20. The van der Waals surface area contributed by atoms with Gasteiger partial charge in [-0.25, -0.2) is 4.39 Å². The van der Waals surface area contributed by atoms with Crippen molar-refractivity contribution in [1.82, 2.24) is 0 Å². The van der Waals surface area contributed by atoms with Crippen molar-refractivity contribution in [3.8, 4) is 0 Å². The fraction of sp³-hybridized carbons (Fsp3) is 0.400. The average Bonchev–Trinajstić information content (AvgIpc) is 2.04. The van der Waals surface area contributed by atoms with E-state index in [0.717, 1.165) is 30.4 Å². The lowest BCUT2D eigenvalue weighted by atomic mass is 9.89. The summed E-state index contributed by atoms with van der Waals surface area (Å²) in [6.45, 7) is 0. The standard InChI is InChI=1S/C10H11FO/c11-8-4-5-9-7(6-8)2-1-3-10(9)12/h4-6,10,12H,1-3H2/t10-/m1/s1. The van der Waals surface area contributed by atoms with Crippen LogP contribution in [0.25, 0.3) is 0 Å². The van der Waals surface area contributed by atoms with Gasteiger partial charge in [0.25, 0.3) is 0 Å². The Labute approximate surface area is 70.8 Å². The van der Waals surface area contributed by atoms with E-state index in [1.165, 1.54) is 12.1 Å². The highest BCUT2D eigenvalue weighted by Gasteiger charge is 2.17. The van der Waals surface area contributed by atoms with Crippen molar-refractivity contribution in [3.63, 3.8) is 0 Å². The zero-order valence-corrected chi connectivity index (χ0v) is 6.76. The van der Waals surface area contributed by atoms with Gasteiger partial charge in [0, 0.05) is 0 Å². The molecule has 0 amide bonds. The predicted octanol–water partition coefficient (Wildman–Crippen LogP) is 2.20. The van der Waals surface area contributed by atoms with Crippen LogP contribution in [0.3, 0.4) is 0 Å². The molecular formula is C10H11FO. The number of hydrogen-bond donors (Lipinski definition) is 1. The molecule has 1 atom stereocenters. The molecule has 0 unspecified atom stereocenters. The monoisotopic (exact) mass is 166 g/mol. The minimum atomic E-state index is -0.380. The fourth-order valence-electron chi connectivity index (χ4n) is 1.76. The van der Waals surface area contributed by atoms with Crippen LogP contribution in [0.1, 0.15) is 30.1 Å². The Morgan fingerprint density at radius 3 is 3.08 bits per heavy atom. The molecule has 12 heavy (non-hydrogen) atoms. The molecule has 0 bridgehead atoms. The number of aliphatic hydroxyl groups excluding tert-OH is 1. The predicted molar refractivity (Wildman–Crippen MR) is 44.3 cm³/mol. The Kier molecular flexibility index (Phi) is 1.85. The fourth-order valence-corrected chi connectivity index (χ4v) is 1.76. The molecule has 0 aromatic heterocycles. The van der Waals surface area contributed by atoms with E-state index in [0.29, 0.717) is 0 Å². The van der Waals surface area contributed by atoms with E-state index >= 15 is 0 Å². The van der Waals surface area contributed by atoms with Gasteiger partial charge in [0.1, 0.15) is 5.82 Å². The highest BCUT2D eigenvalue weighted by atomic mass is 19.1. The highest BCUT2D eigenvalue weighted by Crippen LogP contribution is 2.29. The summed E-state index contributed by atoms with van der Waals surface area (Å²) in [6.07, 6.45) is 2.27. The largest absolute Gasteiger partial charge is 0.388 e. The van der Waals surface area contributed by atoms with Gasteiger partial charge in [0.2, 0.25) is 0 Å². The van der Waals surface area contributed by atoms with Crippen molar-refractivity contribution >= 4 is 0 Å². The third kappa shape index (κ3) is 1.23. The Hall–Kier alpha value is -0.890. The van der Waals surface area contributed by atoms with Crippen LogP contribution in [0.2, 0.25) is 0 Å². The summed E-state index contributed by atoms with van der Waals surface area (Å²) in [7, 11) is 0. The van der Waals surface area contributed by atoms with E-state index in [-0.39, 0.29) is 11.9 Å². The minimum Gasteiger partial charge on any atom is -0.388 e. The molecule has 0 heterocycles. The first-order chi connectivity index (χ1) is 5.77. The summed E-state index contributed by atoms with van der Waals surface area (Å²) in [4.78, 5) is 0. The molecule has 1 aromatic carbocycles. The Morgan fingerprint density at radius 2 is 2.25 bits per heavy atom. The molecule has 0 aliphatic heterocycles. The molecule has 0 radical (unpaired) electrons. The first-order valence-electron chi connectivity index (χ1n) is 4.24. The zero-order valence-electron chi connectivity index (χ0n) is 6.76. The Morgan fingerprint density at radius 1 is 1.42 bits per heavy atom. The summed E-state index contributed by atoms with van der Waals surface area (Å²) < 4.78 is 12.7. The first kappa shape index (κ1) is 7.74. The third-order valence-electron chi connectivity index (χ3n) is 2.39. The van der Waals surface area contributed by atoms with Gasteiger partial charge in [0.15, 0.2) is 0 Å². The van der Waals surface area contributed by atoms with Crippen molar-refractivity contribution in [3.05, 3.63) is 35.1 Å². The summed E-state index contributed by atoms with van der Waals surface area (Å²) >= 11 is 0. The molecular weight excluding hydrogens is 155 g/mol. The van der Waals surface area contributed by atoms with Crippen LogP contribution in [0.4, 0.5) is 4.39 Å². The van der Waals surface area contributed by atoms with Crippen LogP contribution in [0.5, 0.6) is 0 Å². The van der Waals surface area contributed by atoms with Crippen LogP contribution >= 0.6 is 0 Å². The van der Waals surface area contributed by atoms with Gasteiger partial charge in [-0.1, -0.05) is 6.07 Å². The molecule has 0 spiro atoms. The maximum absolute atomic E-state index is 12.7. The van der Waals surface area contributed by atoms with Crippen molar-refractivity contribution in [2.24, 2.45) is 0 Å². The lowest BCUT2D eigenvalue weighted by Crippen LogP contribution is -2.08. The maximum atomic E-state index is 12.7. The number of rotatable bonds is 0. The van der Waals surface area contributed by atoms with Crippen LogP contribution in [0.15, 0.2) is 18.2 Å². The van der Waals surface area contributed by atoms with Crippen LogP contribution in [-0.2, 0) is 6.42 Å². The second kappa shape index (κ2) is 2.87. The smallest absolute Gasteiger partial charge is 0.123 e. The molecule has 1 aliphatic rings. The quantitative estimate of drug-likeness (QED) is 0.626. The molecule has 64 valence electrons. The summed E-state index contributed by atoms with van der Waals surface area (Å²) in [6, 6.07) is 4.62. The SMILES string of the molecule is O[C@@H]1CCCc2cc(F)ccc21. The van der Waals surface area contributed by atoms with Gasteiger partial charge in [-0.15, -0.1) is 0 Å². The summed E-state index contributed by atoms with van der Waals surface area (Å²) in [5, 5.41) is 9.53. The molecule has 1 aromatic rings. The van der Waals surface area contributed by atoms with E-state index < -0.39 is 0 Å². The Bertz CT molecular complexity index is 296. The van der Waals surface area contributed by atoms with Crippen LogP contribution in [-0.4, -0.2) is 5.11 Å². The minimum absolute atomic E-state index is 0.206. The van der Waals surface area contributed by atoms with E-state index in [4.69, 9.17) is 0 Å². The van der Waals surface area contributed by atoms with E-state index in [1.54, 1.807) is 6.07 Å². The zero-order chi connectivity index (χ0) is 8.55. The average molecular weight is 166 g/mol. The van der Waals surface area contributed by atoms with Crippen molar-refractivity contribution in [2.45, 2.75) is 25.4 Å². The van der Waals surface area contributed by atoms with Gasteiger partial charge in [-0.05, 0) is 42.5 Å². The number of aliphatic hydroxyl groups is 1. The molecule has 1 N–H and O–H groups in total. The number of fused-ring (bicyclic) bond motifs is 1. The van der Waals surface area contributed by atoms with Crippen LogP contribution in [0, 0.1) is 5.82 Å². The molecule has 2 heteroatoms. The molecule has 0 saturated heterocycles. The van der Waals surface area contributed by atoms with E-state index in [1.807, 2.05) is 0 Å². The normalized spacial score (nSPS) is 22.0. The highest BCUT2D eigenvalue weighted by molar-refractivity contribution is 5.31. The number of aryl methyl sites for hydroxylation is 1. The van der Waals surface area contributed by atoms with Gasteiger partial charge in [0.05, 0.1) is 6.10 Å². The molecule has 2 rings (SSSR count). The van der Waals surface area contributed by atoms with E-state index in [9.17, 15) is 9.50 Å². The Balaban J connectivity index is 2.46. The summed E-state index contributed by atoms with van der Waals surface area (Å²) in [5.41, 5.74) is 1.87. The van der Waals surface area contributed by atoms with Crippen molar-refractivity contribution < 1.29 is 9.50 Å². The first-order valence-corrected chi connectivity index (χ1v) is 4.24. The molecule has 1 nitrogen and oxygen atoms in total. The number of benzene rings is 1. The molecule has 0 fully saturated rings. The van der Waals surface area contributed by atoms with Gasteiger partial charge < -0.3 is 5.11 Å². The third-order valence-corrected chi connectivity index (χ3v) is 2.39. The maximum Gasteiger partial charge on any atom is 0.123 e. The topological polar surface area (TPSA) is 20.2 Å². The molecule has 1 aliphatic carbocycles. The number of halogens is 1. The second-order valence-corrected chi connectivity index (χ2v) is 3.25.